The van der Waals surface area contributed by atoms with E-state index in [4.69, 9.17) is 27.4 Å². The van der Waals surface area contributed by atoms with E-state index in [0.29, 0.717) is 19.5 Å². The van der Waals surface area contributed by atoms with Crippen LogP contribution in [0.5, 0.6) is 5.75 Å². The van der Waals surface area contributed by atoms with Gasteiger partial charge in [-0.1, -0.05) is 40.9 Å². The van der Waals surface area contributed by atoms with Crippen LogP contribution in [0.3, 0.4) is 0 Å². The zero-order valence-corrected chi connectivity index (χ0v) is 22.8. The summed E-state index contributed by atoms with van der Waals surface area (Å²) in [4.78, 5) is 12.6. The number of carbonyl (C=O) groups is 1. The maximum atomic E-state index is 12.6. The van der Waals surface area contributed by atoms with Crippen molar-refractivity contribution in [3.05, 3.63) is 90.3 Å². The second-order valence-corrected chi connectivity index (χ2v) is 11.0. The van der Waals surface area contributed by atoms with Crippen molar-refractivity contribution in [3.63, 3.8) is 0 Å². The molecular formula is C23H14Br2Cl2N2O4S. The molecule has 0 aliphatic rings. The van der Waals surface area contributed by atoms with Crippen LogP contribution >= 0.6 is 55.1 Å². The molecule has 0 bridgehead atoms. The second kappa shape index (κ2) is 10.9. The smallest absolute Gasteiger partial charge is 0.339 e. The number of rotatable bonds is 6. The van der Waals surface area contributed by atoms with E-state index in [1.165, 1.54) is 42.5 Å². The van der Waals surface area contributed by atoms with Crippen molar-refractivity contribution in [1.29, 1.82) is 5.26 Å². The Morgan fingerprint density at radius 2 is 1.68 bits per heavy atom. The van der Waals surface area contributed by atoms with Crippen LogP contribution in [0.1, 0.15) is 11.1 Å². The fourth-order valence-corrected chi connectivity index (χ4v) is 5.60. The van der Waals surface area contributed by atoms with Crippen LogP contribution < -0.4 is 9.50 Å². The normalized spacial score (nSPS) is 11.6. The number of hydrogen-bond donors (Lipinski definition) is 1. The Hall–Kier alpha value is -2.35. The number of anilines is 1. The molecule has 0 aromatic heterocycles. The number of amides is 1. The monoisotopic (exact) mass is 642 g/mol. The van der Waals surface area contributed by atoms with Gasteiger partial charge in [-0.3, -0.25) is 4.79 Å². The quantitative estimate of drug-likeness (QED) is 0.175. The van der Waals surface area contributed by atoms with E-state index in [0.717, 1.165) is 5.56 Å². The van der Waals surface area contributed by atoms with Crippen LogP contribution in [0.25, 0.3) is 6.08 Å². The molecule has 0 saturated carbocycles. The van der Waals surface area contributed by atoms with Crippen LogP contribution in [0, 0.1) is 18.3 Å². The molecule has 0 spiro atoms. The van der Waals surface area contributed by atoms with Gasteiger partial charge in [0.25, 0.3) is 5.91 Å². The molecule has 6 nitrogen and oxygen atoms in total. The SMILES string of the molecule is Cc1ccc(S(=O)(=O)Oc2c(Br)cc(/C=C(/C#N)C(=O)Nc3cc(Cl)ccc3Cl)cc2Br)cc1. The standard InChI is InChI=1S/C23H14Br2Cl2N2O4S/c1-13-2-5-17(6-3-13)34(31,32)33-22-18(24)9-14(10-19(22)25)8-15(12-28)23(30)29-21-11-16(26)4-7-20(21)27/h2-11H,1H3,(H,29,30)/b15-8-. The first-order valence-corrected chi connectivity index (χ1v) is 13.1. The number of nitrogens with zero attached hydrogens (tertiary/aromatic N) is 1. The minimum atomic E-state index is -4.09. The molecule has 0 atom stereocenters. The van der Waals surface area contributed by atoms with Crippen molar-refractivity contribution in [3.8, 4) is 11.8 Å². The second-order valence-electron chi connectivity index (χ2n) is 6.91. The zero-order valence-electron chi connectivity index (χ0n) is 17.3. The highest BCUT2D eigenvalue weighted by atomic mass is 79.9. The number of nitrogens with one attached hydrogen (secondary N) is 1. The lowest BCUT2D eigenvalue weighted by molar-refractivity contribution is -0.112. The van der Waals surface area contributed by atoms with E-state index < -0.39 is 16.0 Å². The van der Waals surface area contributed by atoms with Gasteiger partial charge in [-0.25, -0.2) is 0 Å². The number of nitriles is 1. The molecule has 11 heteroatoms. The van der Waals surface area contributed by atoms with Gasteiger partial charge in [0.05, 0.1) is 19.7 Å². The molecule has 3 rings (SSSR count). The lowest BCUT2D eigenvalue weighted by atomic mass is 10.1. The van der Waals surface area contributed by atoms with Crippen molar-refractivity contribution < 1.29 is 17.4 Å². The number of halogens is 4. The highest BCUT2D eigenvalue weighted by Crippen LogP contribution is 2.37. The summed E-state index contributed by atoms with van der Waals surface area (Å²) in [5, 5.41) is 12.7. The molecule has 1 N–H and O–H groups in total. The van der Waals surface area contributed by atoms with E-state index in [2.05, 4.69) is 37.2 Å². The van der Waals surface area contributed by atoms with Crippen molar-refractivity contribution >= 4 is 82.9 Å². The third-order valence-corrected chi connectivity index (χ3v) is 7.35. The Balaban J connectivity index is 1.88. The van der Waals surface area contributed by atoms with E-state index in [1.807, 2.05) is 13.0 Å². The van der Waals surface area contributed by atoms with E-state index >= 15 is 0 Å². The Morgan fingerprint density at radius 3 is 2.26 bits per heavy atom. The minimum absolute atomic E-state index is 0.00369. The highest BCUT2D eigenvalue weighted by molar-refractivity contribution is 9.11. The van der Waals surface area contributed by atoms with E-state index in [1.54, 1.807) is 18.2 Å². The Labute approximate surface area is 223 Å². The lowest BCUT2D eigenvalue weighted by Gasteiger charge is -2.12. The van der Waals surface area contributed by atoms with Gasteiger partial charge in [-0.05, 0) is 92.9 Å². The predicted molar refractivity (Wildman–Crippen MR) is 140 cm³/mol. The van der Waals surface area contributed by atoms with Gasteiger partial charge in [0.2, 0.25) is 0 Å². The predicted octanol–water partition coefficient (Wildman–Crippen LogP) is 7.14. The van der Waals surface area contributed by atoms with Gasteiger partial charge in [-0.2, -0.15) is 13.7 Å². The number of aryl methyl sites for hydroxylation is 1. The largest absolute Gasteiger partial charge is 0.377 e. The minimum Gasteiger partial charge on any atom is -0.377 e. The average Bonchev–Trinajstić information content (AvgIpc) is 2.77. The summed E-state index contributed by atoms with van der Waals surface area (Å²) in [6.07, 6.45) is 1.33. The van der Waals surface area contributed by atoms with Crippen molar-refractivity contribution in [1.82, 2.24) is 0 Å². The van der Waals surface area contributed by atoms with Crippen LogP contribution in [0.15, 0.2) is 74.0 Å². The van der Waals surface area contributed by atoms with Gasteiger partial charge < -0.3 is 9.50 Å². The summed E-state index contributed by atoms with van der Waals surface area (Å²) in [5.41, 5.74) is 1.39. The summed E-state index contributed by atoms with van der Waals surface area (Å²) in [7, 11) is -4.09. The molecule has 3 aromatic rings. The molecule has 0 unspecified atom stereocenters. The first-order chi connectivity index (χ1) is 16.0. The van der Waals surface area contributed by atoms with E-state index in [-0.39, 0.29) is 26.9 Å². The molecule has 0 heterocycles. The van der Waals surface area contributed by atoms with Gasteiger partial charge in [-0.15, -0.1) is 0 Å². The molecular weight excluding hydrogens is 631 g/mol. The van der Waals surface area contributed by atoms with Gasteiger partial charge >= 0.3 is 10.1 Å². The lowest BCUT2D eigenvalue weighted by Crippen LogP contribution is -2.13. The fraction of sp³-hybridized carbons (Fsp3) is 0.0435. The van der Waals surface area contributed by atoms with Crippen molar-refractivity contribution in [2.24, 2.45) is 0 Å². The third-order valence-electron chi connectivity index (χ3n) is 4.38. The fourth-order valence-electron chi connectivity index (χ4n) is 2.70. The van der Waals surface area contributed by atoms with Crippen LogP contribution in [0.4, 0.5) is 5.69 Å². The maximum absolute atomic E-state index is 12.6. The van der Waals surface area contributed by atoms with Gasteiger partial charge in [0, 0.05) is 5.02 Å². The molecule has 0 fully saturated rings. The summed E-state index contributed by atoms with van der Waals surface area (Å²) < 4.78 is 31.2. The first-order valence-electron chi connectivity index (χ1n) is 9.38. The Kier molecular flexibility index (Phi) is 8.44. The summed E-state index contributed by atoms with van der Waals surface area (Å²) in [5.74, 6) is -0.674. The summed E-state index contributed by atoms with van der Waals surface area (Å²) >= 11 is 18.6. The molecule has 3 aromatic carbocycles. The molecule has 1 amide bonds. The van der Waals surface area contributed by atoms with Crippen LogP contribution in [-0.4, -0.2) is 14.3 Å². The highest BCUT2D eigenvalue weighted by Gasteiger charge is 2.21. The molecule has 34 heavy (non-hydrogen) atoms. The van der Waals surface area contributed by atoms with Gasteiger partial charge in [0.1, 0.15) is 16.5 Å². The maximum Gasteiger partial charge on any atom is 0.339 e. The third kappa shape index (κ3) is 6.40. The molecule has 0 aliphatic heterocycles. The van der Waals surface area contributed by atoms with Crippen molar-refractivity contribution in [2.75, 3.05) is 5.32 Å². The van der Waals surface area contributed by atoms with Gasteiger partial charge in [0.15, 0.2) is 5.75 Å². The first kappa shape index (κ1) is 26.3. The Bertz CT molecular complexity index is 1430. The molecule has 0 aliphatic carbocycles. The molecule has 174 valence electrons. The summed E-state index contributed by atoms with van der Waals surface area (Å²) in [6.45, 7) is 1.84. The zero-order chi connectivity index (χ0) is 25.0. The average molecular weight is 645 g/mol. The van der Waals surface area contributed by atoms with Crippen LogP contribution in [0.2, 0.25) is 10.0 Å². The van der Waals surface area contributed by atoms with Crippen LogP contribution in [-0.2, 0) is 14.9 Å². The topological polar surface area (TPSA) is 96.3 Å². The molecule has 0 radical (unpaired) electrons. The number of hydrogen-bond acceptors (Lipinski definition) is 5. The van der Waals surface area contributed by atoms with Crippen molar-refractivity contribution in [2.45, 2.75) is 11.8 Å². The number of carbonyl (C=O) groups excluding carboxylic acids is 1. The van der Waals surface area contributed by atoms with E-state index in [9.17, 15) is 18.5 Å². The number of benzene rings is 3. The molecule has 0 saturated heterocycles. The summed E-state index contributed by atoms with van der Waals surface area (Å²) in [6, 6.07) is 15.7. The Morgan fingerprint density at radius 1 is 1.06 bits per heavy atom.